The van der Waals surface area contributed by atoms with Gasteiger partial charge in [-0.15, -0.1) is 0 Å². The molecule has 0 spiro atoms. The van der Waals surface area contributed by atoms with Crippen molar-refractivity contribution >= 4 is 17.0 Å². The summed E-state index contributed by atoms with van der Waals surface area (Å²) in [7, 11) is 0. The number of morpholine rings is 1. The molecule has 138 valence electrons. The molecule has 1 fully saturated rings. The summed E-state index contributed by atoms with van der Waals surface area (Å²) in [6.45, 7) is 2.60. The SMILES string of the molecule is O=c1[nH]c2nc(N3CCOCC3)ncc2c(=O)n1-c1ccc2c(c1)OCO2. The zero-order valence-corrected chi connectivity index (χ0v) is 14.2. The van der Waals surface area contributed by atoms with E-state index >= 15 is 0 Å². The Hall–Kier alpha value is -3.40. The molecule has 4 heterocycles. The van der Waals surface area contributed by atoms with Crippen LogP contribution in [0.4, 0.5) is 5.95 Å². The maximum absolute atomic E-state index is 12.9. The third kappa shape index (κ3) is 2.61. The molecule has 1 saturated heterocycles. The number of fused-ring (bicyclic) bond motifs is 2. The lowest BCUT2D eigenvalue weighted by Crippen LogP contribution is -2.38. The normalized spacial score (nSPS) is 16.1. The smallest absolute Gasteiger partial charge is 0.334 e. The van der Waals surface area contributed by atoms with Gasteiger partial charge >= 0.3 is 5.69 Å². The zero-order chi connectivity index (χ0) is 18.4. The molecule has 0 saturated carbocycles. The van der Waals surface area contributed by atoms with Crippen molar-refractivity contribution in [2.24, 2.45) is 0 Å². The van der Waals surface area contributed by atoms with Gasteiger partial charge in [0.05, 0.1) is 18.9 Å². The van der Waals surface area contributed by atoms with Crippen LogP contribution in [0, 0.1) is 0 Å². The number of rotatable bonds is 2. The first-order valence-corrected chi connectivity index (χ1v) is 8.45. The summed E-state index contributed by atoms with van der Waals surface area (Å²) in [5.74, 6) is 1.52. The van der Waals surface area contributed by atoms with Crippen LogP contribution in [0.15, 0.2) is 34.0 Å². The highest BCUT2D eigenvalue weighted by atomic mass is 16.7. The number of benzene rings is 1. The minimum absolute atomic E-state index is 0.111. The Morgan fingerprint density at radius 1 is 1.07 bits per heavy atom. The van der Waals surface area contributed by atoms with Crippen LogP contribution in [0.1, 0.15) is 0 Å². The molecule has 3 aromatic rings. The van der Waals surface area contributed by atoms with Gasteiger partial charge in [-0.05, 0) is 12.1 Å². The van der Waals surface area contributed by atoms with Crippen LogP contribution in [0.5, 0.6) is 11.5 Å². The van der Waals surface area contributed by atoms with Crippen LogP contribution >= 0.6 is 0 Å². The molecule has 0 aliphatic carbocycles. The van der Waals surface area contributed by atoms with Gasteiger partial charge in [-0.2, -0.15) is 4.98 Å². The van der Waals surface area contributed by atoms with Crippen molar-refractivity contribution in [3.05, 3.63) is 45.2 Å². The largest absolute Gasteiger partial charge is 0.454 e. The fraction of sp³-hybridized carbons (Fsp3) is 0.294. The average molecular weight is 369 g/mol. The molecule has 0 bridgehead atoms. The van der Waals surface area contributed by atoms with Gasteiger partial charge in [-0.25, -0.2) is 14.3 Å². The molecule has 0 radical (unpaired) electrons. The first kappa shape index (κ1) is 15.8. The maximum atomic E-state index is 12.9. The van der Waals surface area contributed by atoms with E-state index in [-0.39, 0.29) is 17.8 Å². The lowest BCUT2D eigenvalue weighted by Gasteiger charge is -2.26. The summed E-state index contributed by atoms with van der Waals surface area (Å²) in [5, 5.41) is 0.226. The van der Waals surface area contributed by atoms with Crippen molar-refractivity contribution in [3.63, 3.8) is 0 Å². The molecule has 27 heavy (non-hydrogen) atoms. The molecule has 10 heteroatoms. The molecule has 0 unspecified atom stereocenters. The number of nitrogens with zero attached hydrogens (tertiary/aromatic N) is 4. The first-order chi connectivity index (χ1) is 13.2. The van der Waals surface area contributed by atoms with E-state index in [1.165, 1.54) is 6.20 Å². The van der Waals surface area contributed by atoms with Gasteiger partial charge in [0.1, 0.15) is 5.39 Å². The Balaban J connectivity index is 1.62. The van der Waals surface area contributed by atoms with E-state index in [4.69, 9.17) is 14.2 Å². The molecule has 0 amide bonds. The number of hydrogen-bond donors (Lipinski definition) is 1. The van der Waals surface area contributed by atoms with Crippen LogP contribution in [-0.4, -0.2) is 52.6 Å². The summed E-state index contributed by atoms with van der Waals surface area (Å²) in [6, 6.07) is 4.87. The number of aromatic amines is 1. The monoisotopic (exact) mass is 369 g/mol. The average Bonchev–Trinajstić information content (AvgIpc) is 3.16. The third-order valence-electron chi connectivity index (χ3n) is 4.55. The second-order valence-electron chi connectivity index (χ2n) is 6.14. The number of aromatic nitrogens is 4. The van der Waals surface area contributed by atoms with Crippen molar-refractivity contribution in [3.8, 4) is 17.2 Å². The number of anilines is 1. The molecule has 10 nitrogen and oxygen atoms in total. The Bertz CT molecular complexity index is 1150. The van der Waals surface area contributed by atoms with E-state index in [2.05, 4.69) is 15.0 Å². The van der Waals surface area contributed by atoms with E-state index in [1.54, 1.807) is 18.2 Å². The number of nitrogens with one attached hydrogen (secondary N) is 1. The molecule has 1 N–H and O–H groups in total. The van der Waals surface area contributed by atoms with Crippen molar-refractivity contribution in [1.29, 1.82) is 0 Å². The number of ether oxygens (including phenoxy) is 3. The van der Waals surface area contributed by atoms with Gasteiger partial charge in [0, 0.05) is 25.4 Å². The Kier molecular flexibility index (Phi) is 3.57. The minimum atomic E-state index is -0.585. The van der Waals surface area contributed by atoms with Gasteiger partial charge in [0.2, 0.25) is 12.7 Å². The van der Waals surface area contributed by atoms with E-state index in [0.717, 1.165) is 4.57 Å². The van der Waals surface area contributed by atoms with Crippen LogP contribution in [-0.2, 0) is 4.74 Å². The highest BCUT2D eigenvalue weighted by Gasteiger charge is 2.19. The molecule has 2 aliphatic heterocycles. The van der Waals surface area contributed by atoms with Crippen molar-refractivity contribution in [2.75, 3.05) is 38.0 Å². The van der Waals surface area contributed by atoms with Gasteiger partial charge in [0.15, 0.2) is 17.1 Å². The quantitative estimate of drug-likeness (QED) is 0.674. The lowest BCUT2D eigenvalue weighted by atomic mass is 10.2. The van der Waals surface area contributed by atoms with Crippen LogP contribution in [0.2, 0.25) is 0 Å². The van der Waals surface area contributed by atoms with Crippen LogP contribution < -0.4 is 25.6 Å². The summed E-state index contributed by atoms with van der Waals surface area (Å²) < 4.78 is 16.9. The van der Waals surface area contributed by atoms with E-state index in [0.29, 0.717) is 49.4 Å². The maximum Gasteiger partial charge on any atom is 0.334 e. The van der Waals surface area contributed by atoms with Crippen molar-refractivity contribution in [2.45, 2.75) is 0 Å². The van der Waals surface area contributed by atoms with E-state index < -0.39 is 11.2 Å². The Labute approximate surface area is 151 Å². The second kappa shape index (κ2) is 6.09. The van der Waals surface area contributed by atoms with Gasteiger partial charge < -0.3 is 19.1 Å². The molecule has 0 atom stereocenters. The predicted octanol–water partition coefficient (Wildman–Crippen LogP) is 0.0343. The molecular formula is C17H15N5O5. The van der Waals surface area contributed by atoms with Gasteiger partial charge in [0.25, 0.3) is 5.56 Å². The minimum Gasteiger partial charge on any atom is -0.454 e. The molecule has 2 aromatic heterocycles. The Morgan fingerprint density at radius 2 is 1.89 bits per heavy atom. The predicted molar refractivity (Wildman–Crippen MR) is 94.9 cm³/mol. The lowest BCUT2D eigenvalue weighted by molar-refractivity contribution is 0.122. The van der Waals surface area contributed by atoms with Gasteiger partial charge in [-0.1, -0.05) is 0 Å². The van der Waals surface area contributed by atoms with Crippen molar-refractivity contribution in [1.82, 2.24) is 19.5 Å². The van der Waals surface area contributed by atoms with Crippen molar-refractivity contribution < 1.29 is 14.2 Å². The highest BCUT2D eigenvalue weighted by molar-refractivity contribution is 5.74. The summed E-state index contributed by atoms with van der Waals surface area (Å²) in [4.78, 5) is 38.8. The summed E-state index contributed by atoms with van der Waals surface area (Å²) in [6.07, 6.45) is 1.44. The highest BCUT2D eigenvalue weighted by Crippen LogP contribution is 2.33. The van der Waals surface area contributed by atoms with E-state index in [9.17, 15) is 9.59 Å². The van der Waals surface area contributed by atoms with Crippen LogP contribution in [0.25, 0.3) is 16.7 Å². The topological polar surface area (TPSA) is 112 Å². The molecule has 1 aromatic carbocycles. The number of H-pyrrole nitrogens is 1. The summed E-state index contributed by atoms with van der Waals surface area (Å²) in [5.41, 5.74) is -0.498. The van der Waals surface area contributed by atoms with Crippen LogP contribution in [0.3, 0.4) is 0 Å². The summed E-state index contributed by atoms with van der Waals surface area (Å²) >= 11 is 0. The molecule has 5 rings (SSSR count). The fourth-order valence-electron chi connectivity index (χ4n) is 3.17. The number of hydrogen-bond acceptors (Lipinski definition) is 8. The Morgan fingerprint density at radius 3 is 2.74 bits per heavy atom. The third-order valence-corrected chi connectivity index (χ3v) is 4.55. The van der Waals surface area contributed by atoms with E-state index in [1.807, 2.05) is 4.90 Å². The standard InChI is InChI=1S/C17H15N5O5/c23-15-11-8-18-16(21-3-5-25-6-4-21)19-14(11)20-17(24)22(15)10-1-2-12-13(7-10)27-9-26-12/h1-2,7-8H,3-6,9H2,(H,18,19,20,24). The van der Waals surface area contributed by atoms with Gasteiger partial charge in [-0.3, -0.25) is 9.78 Å². The molecular weight excluding hydrogens is 354 g/mol. The second-order valence-corrected chi connectivity index (χ2v) is 6.14. The first-order valence-electron chi connectivity index (χ1n) is 8.45. The zero-order valence-electron chi connectivity index (χ0n) is 14.2. The molecule has 2 aliphatic rings. The fourth-order valence-corrected chi connectivity index (χ4v) is 3.17.